The number of phenols is 1. The molecule has 0 radical (unpaired) electrons. The van der Waals surface area contributed by atoms with Crippen LogP contribution < -0.4 is 14.8 Å². The van der Waals surface area contributed by atoms with Crippen molar-refractivity contribution in [3.63, 3.8) is 0 Å². The molecule has 3 aromatic carbocycles. The van der Waals surface area contributed by atoms with Gasteiger partial charge in [-0.2, -0.15) is 0 Å². The summed E-state index contributed by atoms with van der Waals surface area (Å²) in [5.41, 5.74) is 6.32. The minimum Gasteiger partial charge on any atom is -0.508 e. The number of nitrogens with two attached hydrogens (primary N) is 1. The fourth-order valence-corrected chi connectivity index (χ4v) is 4.14. The van der Waals surface area contributed by atoms with Crippen molar-refractivity contribution < 1.29 is 28.8 Å². The summed E-state index contributed by atoms with van der Waals surface area (Å²) in [4.78, 5) is 22.1. The monoisotopic (exact) mass is 395 g/mol. The normalized spacial score (nSPS) is 19.9. The zero-order valence-corrected chi connectivity index (χ0v) is 15.2. The topological polar surface area (TPSA) is 111 Å². The molecule has 0 aromatic heterocycles. The number of esters is 1. The van der Waals surface area contributed by atoms with E-state index >= 15 is 0 Å². The van der Waals surface area contributed by atoms with E-state index in [2.05, 4.69) is 0 Å². The summed E-state index contributed by atoms with van der Waals surface area (Å²) in [5.74, 6) is 0.717. The van der Waals surface area contributed by atoms with Gasteiger partial charge in [-0.05, 0) is 36.4 Å². The Morgan fingerprint density at radius 1 is 0.964 bits per heavy atom. The highest BCUT2D eigenvalue weighted by molar-refractivity contribution is 7.43. The summed E-state index contributed by atoms with van der Waals surface area (Å²) in [6.45, 7) is 0. The number of aromatic hydroxyl groups is 1. The maximum atomic E-state index is 12.8. The number of ether oxygens (including phenoxy) is 2. The number of carbonyl (C=O) groups is 1. The Bertz CT molecular complexity index is 1130. The molecule has 5 rings (SSSR count). The van der Waals surface area contributed by atoms with Gasteiger partial charge in [-0.1, -0.05) is 18.2 Å². The number of benzene rings is 3. The lowest BCUT2D eigenvalue weighted by atomic mass is 9.77. The fraction of sp³-hybridized carbons (Fsp3) is 0.0500. The summed E-state index contributed by atoms with van der Waals surface area (Å²) < 4.78 is 17.1. The van der Waals surface area contributed by atoms with Gasteiger partial charge >= 0.3 is 14.5 Å². The molecule has 0 fully saturated rings. The summed E-state index contributed by atoms with van der Waals surface area (Å²) in [6, 6.07) is 16.8. The molecule has 28 heavy (non-hydrogen) atoms. The van der Waals surface area contributed by atoms with Crippen molar-refractivity contribution in [1.82, 2.24) is 0 Å². The number of hydrogen-bond donors (Lipinski definition) is 3. The van der Waals surface area contributed by atoms with Crippen LogP contribution in [0.25, 0.3) is 0 Å². The van der Waals surface area contributed by atoms with Crippen LogP contribution in [0.4, 0.5) is 0 Å². The molecule has 0 bridgehead atoms. The molecule has 0 amide bonds. The molecular weight excluding hydrogens is 381 g/mol. The lowest BCUT2D eigenvalue weighted by Crippen LogP contribution is -2.32. The van der Waals surface area contributed by atoms with Crippen molar-refractivity contribution in [2.45, 2.75) is 5.60 Å². The predicted molar refractivity (Wildman–Crippen MR) is 100 cm³/mol. The van der Waals surface area contributed by atoms with Crippen LogP contribution in [0.3, 0.4) is 0 Å². The van der Waals surface area contributed by atoms with E-state index in [0.29, 0.717) is 33.8 Å². The van der Waals surface area contributed by atoms with Crippen LogP contribution in [-0.4, -0.2) is 16.0 Å². The molecule has 0 aliphatic carbocycles. The lowest BCUT2D eigenvalue weighted by Gasteiger charge is -2.36. The Morgan fingerprint density at radius 3 is 2.54 bits per heavy atom. The summed E-state index contributed by atoms with van der Waals surface area (Å²) >= 11 is 0. The van der Waals surface area contributed by atoms with E-state index in [4.69, 9.17) is 19.5 Å². The minimum absolute atomic E-state index is 0.0424. The van der Waals surface area contributed by atoms with Gasteiger partial charge in [0.2, 0.25) is 0 Å². The number of fused-ring (bicyclic) bond motifs is 6. The number of hydrogen-bond acceptors (Lipinski definition) is 7. The van der Waals surface area contributed by atoms with E-state index in [9.17, 15) is 14.8 Å². The third-order valence-electron chi connectivity index (χ3n) is 4.87. The quantitative estimate of drug-likeness (QED) is 0.450. The highest BCUT2D eigenvalue weighted by atomic mass is 31.2. The maximum Gasteiger partial charge on any atom is 0.340 e. The first kappa shape index (κ1) is 17.0. The van der Waals surface area contributed by atoms with Crippen molar-refractivity contribution >= 4 is 14.5 Å². The van der Waals surface area contributed by atoms with Gasteiger partial charge in [0.05, 0.1) is 5.56 Å². The molecule has 3 aromatic rings. The first-order valence-corrected chi connectivity index (χ1v) is 9.67. The summed E-state index contributed by atoms with van der Waals surface area (Å²) in [5, 5.41) is 9.90. The molecular formula is C20H14NO6P. The van der Waals surface area contributed by atoms with Gasteiger partial charge in [0.15, 0.2) is 5.60 Å². The van der Waals surface area contributed by atoms with E-state index < -0.39 is 20.1 Å². The predicted octanol–water partition coefficient (Wildman–Crippen LogP) is 3.52. The van der Waals surface area contributed by atoms with Crippen molar-refractivity contribution in [3.05, 3.63) is 82.9 Å². The van der Waals surface area contributed by atoms with Crippen molar-refractivity contribution in [2.75, 3.05) is 0 Å². The second-order valence-corrected chi connectivity index (χ2v) is 7.24. The molecule has 140 valence electrons. The van der Waals surface area contributed by atoms with Crippen LogP contribution in [0, 0.1) is 0 Å². The molecule has 2 unspecified atom stereocenters. The Hall–Kier alpha value is -3.12. The van der Waals surface area contributed by atoms with Crippen LogP contribution in [0.15, 0.2) is 60.7 Å². The number of rotatable bonds is 2. The number of carbonyl (C=O) groups excluding carboxylic acids is 1. The van der Waals surface area contributed by atoms with Crippen LogP contribution in [0.2, 0.25) is 0 Å². The SMILES string of the molecule is NP(O)Oc1ccc2c(c1)C(=O)OC21c2ccccc2Oc2cc(O)ccc21. The first-order chi connectivity index (χ1) is 13.5. The third kappa shape index (κ3) is 2.31. The zero-order valence-electron chi connectivity index (χ0n) is 14.3. The molecule has 2 atom stereocenters. The molecule has 2 heterocycles. The Kier molecular flexibility index (Phi) is 3.61. The van der Waals surface area contributed by atoms with E-state index in [1.165, 1.54) is 18.2 Å². The minimum atomic E-state index is -2.11. The van der Waals surface area contributed by atoms with Crippen LogP contribution in [-0.2, 0) is 10.3 Å². The van der Waals surface area contributed by atoms with Gasteiger partial charge in [0.1, 0.15) is 23.0 Å². The van der Waals surface area contributed by atoms with Gasteiger partial charge < -0.3 is 24.0 Å². The van der Waals surface area contributed by atoms with Crippen molar-refractivity contribution in [2.24, 2.45) is 5.50 Å². The Morgan fingerprint density at radius 2 is 1.71 bits per heavy atom. The molecule has 0 saturated heterocycles. The lowest BCUT2D eigenvalue weighted by molar-refractivity contribution is 0.0224. The molecule has 2 aliphatic rings. The number of phenolic OH excluding ortho intramolecular Hbond substituents is 1. The maximum absolute atomic E-state index is 12.8. The first-order valence-electron chi connectivity index (χ1n) is 8.39. The van der Waals surface area contributed by atoms with Gasteiger partial charge in [0, 0.05) is 22.8 Å². The molecule has 4 N–H and O–H groups in total. The fourth-order valence-electron chi connectivity index (χ4n) is 3.81. The molecule has 7 nitrogen and oxygen atoms in total. The number of para-hydroxylation sites is 1. The third-order valence-corrected chi connectivity index (χ3v) is 5.26. The highest BCUT2D eigenvalue weighted by Crippen LogP contribution is 2.56. The smallest absolute Gasteiger partial charge is 0.340 e. The second-order valence-electron chi connectivity index (χ2n) is 6.45. The largest absolute Gasteiger partial charge is 0.508 e. The van der Waals surface area contributed by atoms with Crippen LogP contribution >= 0.6 is 8.53 Å². The molecule has 1 spiro atoms. The Balaban J connectivity index is 1.79. The van der Waals surface area contributed by atoms with E-state index in [-0.39, 0.29) is 11.5 Å². The van der Waals surface area contributed by atoms with Gasteiger partial charge in [-0.3, -0.25) is 5.50 Å². The highest BCUT2D eigenvalue weighted by Gasteiger charge is 2.53. The standard InChI is InChI=1S/C20H14NO6P/c21-28(24)27-12-6-8-14-13(10-12)19(23)26-20(14)15-3-1-2-4-17(15)25-18-9-11(22)5-7-16(18)20/h1-10,22,24H,21H2. The molecule has 2 aliphatic heterocycles. The average Bonchev–Trinajstić information content (AvgIpc) is 2.94. The van der Waals surface area contributed by atoms with Crippen LogP contribution in [0.5, 0.6) is 23.0 Å². The zero-order chi connectivity index (χ0) is 19.5. The average molecular weight is 395 g/mol. The van der Waals surface area contributed by atoms with E-state index in [1.54, 1.807) is 24.3 Å². The van der Waals surface area contributed by atoms with Gasteiger partial charge in [-0.25, -0.2) is 4.79 Å². The Labute approximate surface area is 160 Å². The second kappa shape index (κ2) is 5.94. The van der Waals surface area contributed by atoms with Crippen LogP contribution in [0.1, 0.15) is 27.0 Å². The summed E-state index contributed by atoms with van der Waals surface area (Å²) in [6.07, 6.45) is 0. The van der Waals surface area contributed by atoms with E-state index in [1.807, 2.05) is 18.2 Å². The summed E-state index contributed by atoms with van der Waals surface area (Å²) in [7, 11) is -2.11. The van der Waals surface area contributed by atoms with Crippen molar-refractivity contribution in [1.29, 1.82) is 0 Å². The molecule has 0 saturated carbocycles. The van der Waals surface area contributed by atoms with E-state index in [0.717, 1.165) is 0 Å². The molecule has 8 heteroatoms. The van der Waals surface area contributed by atoms with Crippen molar-refractivity contribution in [3.8, 4) is 23.0 Å². The van der Waals surface area contributed by atoms with Gasteiger partial charge in [-0.15, -0.1) is 0 Å². The van der Waals surface area contributed by atoms with Gasteiger partial charge in [0.25, 0.3) is 0 Å².